The van der Waals surface area contributed by atoms with Gasteiger partial charge in [0.25, 0.3) is 0 Å². The Bertz CT molecular complexity index is 474. The molecule has 0 spiro atoms. The Morgan fingerprint density at radius 2 is 1.95 bits per heavy atom. The summed E-state index contributed by atoms with van der Waals surface area (Å²) in [5.41, 5.74) is 2.15. The summed E-state index contributed by atoms with van der Waals surface area (Å²) < 4.78 is 0. The second kappa shape index (κ2) is 5.30. The van der Waals surface area contributed by atoms with Gasteiger partial charge in [0, 0.05) is 33.3 Å². The van der Waals surface area contributed by atoms with Gasteiger partial charge >= 0.3 is 0 Å². The maximum atomic E-state index is 12.3. The lowest BCUT2D eigenvalue weighted by atomic mass is 10.1. The first-order valence-corrected chi connectivity index (χ1v) is 6.28. The summed E-state index contributed by atoms with van der Waals surface area (Å²) in [4.78, 5) is 26.8. The van der Waals surface area contributed by atoms with Gasteiger partial charge in [0.1, 0.15) is 6.04 Å². The van der Waals surface area contributed by atoms with Crippen LogP contribution in [0.5, 0.6) is 0 Å². The second-order valence-electron chi connectivity index (χ2n) is 5.04. The Morgan fingerprint density at radius 3 is 2.58 bits per heavy atom. The Kier molecular flexibility index (Phi) is 3.74. The first kappa shape index (κ1) is 13.4. The van der Waals surface area contributed by atoms with Crippen molar-refractivity contribution in [3.8, 4) is 0 Å². The molecule has 2 amide bonds. The van der Waals surface area contributed by atoms with Crippen LogP contribution in [0.15, 0.2) is 24.3 Å². The minimum Gasteiger partial charge on any atom is -0.373 e. The van der Waals surface area contributed by atoms with Crippen molar-refractivity contribution in [1.29, 1.82) is 0 Å². The molecule has 0 aliphatic carbocycles. The maximum absolute atomic E-state index is 12.3. The topological polar surface area (TPSA) is 52.7 Å². The highest BCUT2D eigenvalue weighted by Gasteiger charge is 2.29. The van der Waals surface area contributed by atoms with Crippen LogP contribution >= 0.6 is 0 Å². The Balaban J connectivity index is 1.97. The minimum atomic E-state index is -0.266. The molecule has 1 aromatic rings. The number of fused-ring (bicyclic) bond motifs is 1. The molecule has 0 fully saturated rings. The highest BCUT2D eigenvalue weighted by atomic mass is 16.2. The molecule has 1 aliphatic rings. The summed E-state index contributed by atoms with van der Waals surface area (Å²) in [6.07, 6.45) is 0.676. The van der Waals surface area contributed by atoms with Crippen molar-refractivity contribution in [1.82, 2.24) is 9.80 Å². The zero-order valence-electron chi connectivity index (χ0n) is 11.5. The van der Waals surface area contributed by atoms with Crippen LogP contribution in [0.2, 0.25) is 0 Å². The summed E-state index contributed by atoms with van der Waals surface area (Å²) >= 11 is 0. The average molecular weight is 261 g/mol. The van der Waals surface area contributed by atoms with Gasteiger partial charge in [0.2, 0.25) is 11.8 Å². The molecule has 0 bridgehead atoms. The van der Waals surface area contributed by atoms with Gasteiger partial charge in [-0.15, -0.1) is 0 Å². The van der Waals surface area contributed by atoms with E-state index in [-0.39, 0.29) is 24.4 Å². The van der Waals surface area contributed by atoms with Crippen LogP contribution in [-0.2, 0) is 16.0 Å². The lowest BCUT2D eigenvalue weighted by Gasteiger charge is -2.22. The van der Waals surface area contributed by atoms with Gasteiger partial charge in [-0.1, -0.05) is 18.2 Å². The number of para-hydroxylation sites is 1. The van der Waals surface area contributed by atoms with Gasteiger partial charge in [0.15, 0.2) is 0 Å². The number of benzene rings is 1. The van der Waals surface area contributed by atoms with Crippen molar-refractivity contribution < 1.29 is 9.59 Å². The second-order valence-corrected chi connectivity index (χ2v) is 5.04. The van der Waals surface area contributed by atoms with Crippen LogP contribution in [0.1, 0.15) is 5.56 Å². The van der Waals surface area contributed by atoms with E-state index < -0.39 is 0 Å². The number of hydrogen-bond acceptors (Lipinski definition) is 3. The minimum absolute atomic E-state index is 0.0496. The normalized spacial score (nSPS) is 16.5. The molecule has 1 atom stereocenters. The summed E-state index contributed by atoms with van der Waals surface area (Å²) in [5.74, 6) is -0.127. The summed E-state index contributed by atoms with van der Waals surface area (Å²) in [6.45, 7) is 0.111. The fourth-order valence-electron chi connectivity index (χ4n) is 2.14. The van der Waals surface area contributed by atoms with E-state index in [2.05, 4.69) is 5.32 Å². The first-order chi connectivity index (χ1) is 8.99. The van der Waals surface area contributed by atoms with E-state index in [1.165, 1.54) is 9.80 Å². The Hall–Kier alpha value is -2.04. The number of rotatable bonds is 3. The predicted molar refractivity (Wildman–Crippen MR) is 73.9 cm³/mol. The molecule has 0 aromatic heterocycles. The first-order valence-electron chi connectivity index (χ1n) is 6.28. The molecule has 0 radical (unpaired) electrons. The number of hydrogen-bond donors (Lipinski definition) is 1. The quantitative estimate of drug-likeness (QED) is 0.865. The van der Waals surface area contributed by atoms with Crippen LogP contribution in [-0.4, -0.2) is 55.3 Å². The zero-order chi connectivity index (χ0) is 14.0. The van der Waals surface area contributed by atoms with Crippen molar-refractivity contribution in [3.63, 3.8) is 0 Å². The van der Waals surface area contributed by atoms with Crippen molar-refractivity contribution in [2.45, 2.75) is 12.5 Å². The number of carbonyl (C=O) groups is 2. The molecule has 1 unspecified atom stereocenters. The van der Waals surface area contributed by atoms with E-state index in [1.807, 2.05) is 24.3 Å². The molecular formula is C14H19N3O2. The lowest BCUT2D eigenvalue weighted by molar-refractivity contribution is -0.138. The van der Waals surface area contributed by atoms with E-state index in [1.54, 1.807) is 21.1 Å². The van der Waals surface area contributed by atoms with Crippen LogP contribution in [0, 0.1) is 0 Å². The number of carbonyl (C=O) groups excluding carboxylic acids is 2. The summed E-state index contributed by atoms with van der Waals surface area (Å²) in [5, 5.41) is 3.20. The molecule has 0 saturated carbocycles. The van der Waals surface area contributed by atoms with Crippen molar-refractivity contribution in [3.05, 3.63) is 29.8 Å². The van der Waals surface area contributed by atoms with E-state index in [0.717, 1.165) is 11.3 Å². The average Bonchev–Trinajstić information content (AvgIpc) is 2.81. The molecule has 1 aromatic carbocycles. The van der Waals surface area contributed by atoms with Crippen LogP contribution < -0.4 is 5.32 Å². The molecule has 1 aliphatic heterocycles. The number of nitrogens with zero attached hydrogens (tertiary/aromatic N) is 2. The largest absolute Gasteiger partial charge is 0.373 e. The standard InChI is InChI=1S/C14H19N3O2/c1-16(2)13(18)9-17(3)14(19)12-8-10-6-4-5-7-11(10)15-12/h4-7,12,15H,8-9H2,1-3H3. The third-order valence-corrected chi connectivity index (χ3v) is 3.32. The van der Waals surface area contributed by atoms with Gasteiger partial charge in [0.05, 0.1) is 6.54 Å². The summed E-state index contributed by atoms with van der Waals surface area (Å²) in [6, 6.07) is 7.62. The van der Waals surface area contributed by atoms with Gasteiger partial charge in [-0.25, -0.2) is 0 Å². The van der Waals surface area contributed by atoms with E-state index in [0.29, 0.717) is 6.42 Å². The number of nitrogens with one attached hydrogen (secondary N) is 1. The lowest BCUT2D eigenvalue weighted by Crippen LogP contribution is -2.44. The monoisotopic (exact) mass is 261 g/mol. The third kappa shape index (κ3) is 2.86. The van der Waals surface area contributed by atoms with Crippen molar-refractivity contribution in [2.24, 2.45) is 0 Å². The van der Waals surface area contributed by atoms with Gasteiger partial charge < -0.3 is 15.1 Å². The molecular weight excluding hydrogens is 242 g/mol. The predicted octanol–water partition coefficient (Wildman–Crippen LogP) is 0.570. The van der Waals surface area contributed by atoms with E-state index in [9.17, 15) is 9.59 Å². The molecule has 5 heteroatoms. The van der Waals surface area contributed by atoms with Crippen molar-refractivity contribution >= 4 is 17.5 Å². The van der Waals surface area contributed by atoms with Crippen LogP contribution in [0.25, 0.3) is 0 Å². The molecule has 102 valence electrons. The SMILES string of the molecule is CN(C)C(=O)CN(C)C(=O)C1Cc2ccccc2N1. The molecule has 0 saturated heterocycles. The summed E-state index contributed by atoms with van der Waals surface area (Å²) in [7, 11) is 5.03. The zero-order valence-corrected chi connectivity index (χ0v) is 11.5. The van der Waals surface area contributed by atoms with E-state index >= 15 is 0 Å². The fourth-order valence-corrected chi connectivity index (χ4v) is 2.14. The highest BCUT2D eigenvalue weighted by Crippen LogP contribution is 2.25. The van der Waals surface area contributed by atoms with Gasteiger partial charge in [-0.05, 0) is 11.6 Å². The molecule has 19 heavy (non-hydrogen) atoms. The Labute approximate surface area is 113 Å². The molecule has 5 nitrogen and oxygen atoms in total. The van der Waals surface area contributed by atoms with E-state index in [4.69, 9.17) is 0 Å². The van der Waals surface area contributed by atoms with Crippen LogP contribution in [0.3, 0.4) is 0 Å². The van der Waals surface area contributed by atoms with Crippen LogP contribution in [0.4, 0.5) is 5.69 Å². The third-order valence-electron chi connectivity index (χ3n) is 3.32. The maximum Gasteiger partial charge on any atom is 0.245 e. The van der Waals surface area contributed by atoms with Gasteiger partial charge in [-0.2, -0.15) is 0 Å². The number of likely N-dealkylation sites (N-methyl/N-ethyl adjacent to an activating group) is 2. The number of amides is 2. The fraction of sp³-hybridized carbons (Fsp3) is 0.429. The molecule has 2 rings (SSSR count). The smallest absolute Gasteiger partial charge is 0.245 e. The van der Waals surface area contributed by atoms with Gasteiger partial charge in [-0.3, -0.25) is 9.59 Å². The van der Waals surface area contributed by atoms with Crippen molar-refractivity contribution in [2.75, 3.05) is 33.0 Å². The highest BCUT2D eigenvalue weighted by molar-refractivity contribution is 5.90. The number of anilines is 1. The Morgan fingerprint density at radius 1 is 1.26 bits per heavy atom. The molecule has 1 heterocycles. The molecule has 1 N–H and O–H groups in total.